The standard InChI is InChI=1S/C13H19F3N2O2/c1-12(9-4-5-9)11(20)18(8-10(19)17-12)7-3-2-6-13(14,15)16/h9H,2-8H2,1H3,(H,17,19). The van der Waals surface area contributed by atoms with E-state index in [1.54, 1.807) is 6.92 Å². The molecule has 0 radical (unpaired) electrons. The van der Waals surface area contributed by atoms with Crippen molar-refractivity contribution >= 4 is 11.8 Å². The normalized spacial score (nSPS) is 27.7. The molecule has 1 aliphatic carbocycles. The van der Waals surface area contributed by atoms with Crippen LogP contribution in [0, 0.1) is 5.92 Å². The van der Waals surface area contributed by atoms with Crippen LogP contribution in [0.25, 0.3) is 0 Å². The number of alkyl halides is 3. The largest absolute Gasteiger partial charge is 0.389 e. The Kier molecular flexibility index (Phi) is 3.97. The van der Waals surface area contributed by atoms with Gasteiger partial charge in [-0.15, -0.1) is 0 Å². The Hall–Kier alpha value is -1.27. The molecule has 7 heteroatoms. The third kappa shape index (κ3) is 3.43. The predicted octanol–water partition coefficient (Wildman–Crippen LogP) is 1.85. The van der Waals surface area contributed by atoms with Gasteiger partial charge in [0.15, 0.2) is 0 Å². The van der Waals surface area contributed by atoms with Crippen LogP contribution in [0.5, 0.6) is 0 Å². The zero-order chi connectivity index (χ0) is 15.0. The van der Waals surface area contributed by atoms with Gasteiger partial charge in [-0.25, -0.2) is 0 Å². The molecule has 4 nitrogen and oxygen atoms in total. The van der Waals surface area contributed by atoms with Gasteiger partial charge in [-0.2, -0.15) is 13.2 Å². The van der Waals surface area contributed by atoms with Gasteiger partial charge in [0.25, 0.3) is 0 Å². The highest BCUT2D eigenvalue weighted by Crippen LogP contribution is 2.41. The number of hydrogen-bond donors (Lipinski definition) is 1. The molecule has 1 atom stereocenters. The van der Waals surface area contributed by atoms with E-state index in [4.69, 9.17) is 0 Å². The van der Waals surface area contributed by atoms with Crippen LogP contribution in [0.3, 0.4) is 0 Å². The van der Waals surface area contributed by atoms with Crippen LogP contribution in [0.15, 0.2) is 0 Å². The van der Waals surface area contributed by atoms with Gasteiger partial charge in [-0.3, -0.25) is 9.59 Å². The monoisotopic (exact) mass is 292 g/mol. The predicted molar refractivity (Wildman–Crippen MR) is 65.8 cm³/mol. The first-order valence-electron chi connectivity index (χ1n) is 6.89. The number of piperazine rings is 1. The number of halogens is 3. The van der Waals surface area contributed by atoms with Crippen molar-refractivity contribution < 1.29 is 22.8 Å². The lowest BCUT2D eigenvalue weighted by Gasteiger charge is -2.40. The summed E-state index contributed by atoms with van der Waals surface area (Å²) in [6, 6.07) is 0. The summed E-state index contributed by atoms with van der Waals surface area (Å²) in [5.74, 6) is -0.224. The minimum absolute atomic E-state index is 0.0188. The van der Waals surface area contributed by atoms with E-state index in [9.17, 15) is 22.8 Å². The summed E-state index contributed by atoms with van der Waals surface area (Å²) in [5.41, 5.74) is -0.862. The molecular formula is C13H19F3N2O2. The first-order valence-corrected chi connectivity index (χ1v) is 6.89. The molecule has 0 spiro atoms. The molecule has 2 fully saturated rings. The van der Waals surface area contributed by atoms with Crippen LogP contribution >= 0.6 is 0 Å². The second-order valence-electron chi connectivity index (χ2n) is 5.82. The molecule has 1 unspecified atom stereocenters. The SMILES string of the molecule is CC1(C2CC2)NC(=O)CN(CCCCC(F)(F)F)C1=O. The molecule has 2 amide bonds. The Bertz CT molecular complexity index is 407. The smallest absolute Gasteiger partial charge is 0.340 e. The number of carbonyl (C=O) groups excluding carboxylic acids is 2. The zero-order valence-corrected chi connectivity index (χ0v) is 11.4. The van der Waals surface area contributed by atoms with Crippen molar-refractivity contribution in [2.24, 2.45) is 5.92 Å². The summed E-state index contributed by atoms with van der Waals surface area (Å²) in [5, 5.41) is 2.74. The van der Waals surface area contributed by atoms with E-state index in [1.165, 1.54) is 4.90 Å². The third-order valence-electron chi connectivity index (χ3n) is 4.00. The van der Waals surface area contributed by atoms with Crippen molar-refractivity contribution in [2.45, 2.75) is 50.7 Å². The van der Waals surface area contributed by atoms with E-state index in [0.29, 0.717) is 0 Å². The molecule has 0 aromatic rings. The summed E-state index contributed by atoms with van der Waals surface area (Å²) < 4.78 is 36.2. The number of nitrogens with zero attached hydrogens (tertiary/aromatic N) is 1. The molecule has 20 heavy (non-hydrogen) atoms. The van der Waals surface area contributed by atoms with Crippen molar-refractivity contribution in [1.82, 2.24) is 10.2 Å². The Morgan fingerprint density at radius 3 is 2.50 bits per heavy atom. The van der Waals surface area contributed by atoms with Gasteiger partial charge >= 0.3 is 6.18 Å². The minimum atomic E-state index is -4.16. The average Bonchev–Trinajstić information content (AvgIpc) is 3.13. The van der Waals surface area contributed by atoms with Crippen LogP contribution < -0.4 is 5.32 Å². The fourth-order valence-electron chi connectivity index (χ4n) is 2.70. The van der Waals surface area contributed by atoms with Crippen molar-refractivity contribution in [3.8, 4) is 0 Å². The number of unbranched alkanes of at least 4 members (excludes halogenated alkanes) is 1. The minimum Gasteiger partial charge on any atom is -0.340 e. The zero-order valence-electron chi connectivity index (χ0n) is 11.4. The molecular weight excluding hydrogens is 273 g/mol. The Morgan fingerprint density at radius 2 is 1.95 bits per heavy atom. The van der Waals surface area contributed by atoms with E-state index in [0.717, 1.165) is 12.8 Å². The van der Waals surface area contributed by atoms with Crippen molar-refractivity contribution in [2.75, 3.05) is 13.1 Å². The summed E-state index contributed by atoms with van der Waals surface area (Å²) >= 11 is 0. The van der Waals surface area contributed by atoms with Gasteiger partial charge in [0.05, 0.1) is 6.54 Å². The lowest BCUT2D eigenvalue weighted by molar-refractivity contribution is -0.150. The molecule has 0 bridgehead atoms. The Balaban J connectivity index is 1.87. The highest BCUT2D eigenvalue weighted by Gasteiger charge is 2.52. The fourth-order valence-corrected chi connectivity index (χ4v) is 2.70. The van der Waals surface area contributed by atoms with Gasteiger partial charge in [-0.1, -0.05) is 0 Å². The number of amides is 2. The number of hydrogen-bond acceptors (Lipinski definition) is 2. The molecule has 2 rings (SSSR count). The first kappa shape index (κ1) is 15.1. The van der Waals surface area contributed by atoms with Crippen molar-refractivity contribution in [3.05, 3.63) is 0 Å². The maximum Gasteiger partial charge on any atom is 0.389 e. The summed E-state index contributed by atoms with van der Waals surface area (Å²) in [4.78, 5) is 25.4. The first-order chi connectivity index (χ1) is 9.22. The third-order valence-corrected chi connectivity index (χ3v) is 4.00. The van der Waals surface area contributed by atoms with Crippen LogP contribution in [0.4, 0.5) is 13.2 Å². The van der Waals surface area contributed by atoms with Gasteiger partial charge in [0.1, 0.15) is 5.54 Å². The highest BCUT2D eigenvalue weighted by atomic mass is 19.4. The van der Waals surface area contributed by atoms with Crippen LogP contribution in [-0.2, 0) is 9.59 Å². The second kappa shape index (κ2) is 5.26. The molecule has 0 aromatic carbocycles. The van der Waals surface area contributed by atoms with Crippen LogP contribution in [0.2, 0.25) is 0 Å². The molecule has 1 heterocycles. The summed E-state index contributed by atoms with van der Waals surface area (Å²) in [7, 11) is 0. The fraction of sp³-hybridized carbons (Fsp3) is 0.846. The van der Waals surface area contributed by atoms with E-state index in [2.05, 4.69) is 5.32 Å². The summed E-state index contributed by atoms with van der Waals surface area (Å²) in [6.45, 7) is 1.88. The number of nitrogens with one attached hydrogen (secondary N) is 1. The second-order valence-corrected chi connectivity index (χ2v) is 5.82. The summed E-state index contributed by atoms with van der Waals surface area (Å²) in [6.07, 6.45) is -2.95. The van der Waals surface area contributed by atoms with Crippen molar-refractivity contribution in [1.29, 1.82) is 0 Å². The maximum atomic E-state index is 12.4. The lowest BCUT2D eigenvalue weighted by Crippen LogP contribution is -2.66. The van der Waals surface area contributed by atoms with E-state index in [1.807, 2.05) is 0 Å². The lowest BCUT2D eigenvalue weighted by atomic mass is 9.91. The average molecular weight is 292 g/mol. The van der Waals surface area contributed by atoms with Gasteiger partial charge in [0, 0.05) is 13.0 Å². The molecule has 2 aliphatic rings. The van der Waals surface area contributed by atoms with E-state index >= 15 is 0 Å². The molecule has 1 aliphatic heterocycles. The number of rotatable bonds is 5. The maximum absolute atomic E-state index is 12.4. The molecule has 1 N–H and O–H groups in total. The Morgan fingerprint density at radius 1 is 1.30 bits per heavy atom. The van der Waals surface area contributed by atoms with Crippen LogP contribution in [-0.4, -0.2) is 41.5 Å². The Labute approximate surface area is 115 Å². The molecule has 1 saturated carbocycles. The van der Waals surface area contributed by atoms with Crippen LogP contribution in [0.1, 0.15) is 39.0 Å². The van der Waals surface area contributed by atoms with Crippen molar-refractivity contribution in [3.63, 3.8) is 0 Å². The molecule has 1 saturated heterocycles. The van der Waals surface area contributed by atoms with E-state index < -0.39 is 18.1 Å². The van der Waals surface area contributed by atoms with Gasteiger partial charge in [-0.05, 0) is 38.5 Å². The topological polar surface area (TPSA) is 49.4 Å². The van der Waals surface area contributed by atoms with Gasteiger partial charge in [0.2, 0.25) is 11.8 Å². The molecule has 0 aromatic heterocycles. The van der Waals surface area contributed by atoms with E-state index in [-0.39, 0.29) is 43.7 Å². The number of carbonyl (C=O) groups is 2. The quantitative estimate of drug-likeness (QED) is 0.786. The highest BCUT2D eigenvalue weighted by molar-refractivity contribution is 5.98. The van der Waals surface area contributed by atoms with Gasteiger partial charge < -0.3 is 10.2 Å². The molecule has 114 valence electrons.